The van der Waals surface area contributed by atoms with Crippen LogP contribution in [0.15, 0.2) is 55.1 Å². The number of carbonyl (C=O) groups excluding carboxylic acids is 1. The summed E-state index contributed by atoms with van der Waals surface area (Å²) in [5.41, 5.74) is 3.15. The molecule has 0 fully saturated rings. The number of hydrogen-bond acceptors (Lipinski definition) is 9. The molecule has 0 aliphatic carbocycles. The zero-order chi connectivity index (χ0) is 30.0. The summed E-state index contributed by atoms with van der Waals surface area (Å²) in [6.45, 7) is 2.41. The molecule has 1 aliphatic rings. The van der Waals surface area contributed by atoms with Crippen LogP contribution in [-0.4, -0.2) is 44.0 Å². The molecule has 0 atom stereocenters. The van der Waals surface area contributed by atoms with Crippen molar-refractivity contribution < 1.29 is 31.9 Å². The highest BCUT2D eigenvalue weighted by Gasteiger charge is 2.45. The molecule has 0 saturated carbocycles. The second kappa shape index (κ2) is 11.8. The van der Waals surface area contributed by atoms with Crippen molar-refractivity contribution in [3.8, 4) is 5.75 Å². The summed E-state index contributed by atoms with van der Waals surface area (Å²) in [5.74, 6) is -2.97. The van der Waals surface area contributed by atoms with Gasteiger partial charge in [0.25, 0.3) is 0 Å². The molecule has 3 heterocycles. The number of halogens is 5. The minimum Gasteiger partial charge on any atom is -0.494 e. The fourth-order valence-electron chi connectivity index (χ4n) is 4.37. The largest absolute Gasteiger partial charge is 0.494 e. The van der Waals surface area contributed by atoms with Crippen LogP contribution in [0.4, 0.5) is 29.2 Å². The summed E-state index contributed by atoms with van der Waals surface area (Å²) in [6, 6.07) is 10.3. The van der Waals surface area contributed by atoms with Crippen LogP contribution in [0, 0.1) is 12.7 Å². The van der Waals surface area contributed by atoms with Crippen LogP contribution in [-0.2, 0) is 35.8 Å². The maximum absolute atomic E-state index is 14.8. The van der Waals surface area contributed by atoms with Crippen molar-refractivity contribution in [1.82, 2.24) is 24.8 Å². The van der Waals surface area contributed by atoms with Crippen molar-refractivity contribution in [3.63, 3.8) is 0 Å². The molecule has 5 rings (SSSR count). The van der Waals surface area contributed by atoms with Crippen LogP contribution in [0.2, 0.25) is 5.02 Å². The minimum absolute atomic E-state index is 0.00807. The van der Waals surface area contributed by atoms with Gasteiger partial charge in [-0.3, -0.25) is 4.68 Å². The molecule has 1 N–H and O–H groups in total. The Hall–Kier alpha value is -4.43. The maximum Gasteiger partial charge on any atom is 0.493 e. The number of hydrazine groups is 1. The number of aromatic nitrogens is 4. The fourth-order valence-corrected chi connectivity index (χ4v) is 4.58. The number of benzene rings is 2. The third-order valence-electron chi connectivity index (χ3n) is 6.40. The highest BCUT2D eigenvalue weighted by Crippen LogP contribution is 2.36. The highest BCUT2D eigenvalue weighted by atomic mass is 35.5. The van der Waals surface area contributed by atoms with Crippen molar-refractivity contribution in [3.05, 3.63) is 93.8 Å². The fraction of sp³-hybridized carbons (Fsp3) is 0.259. The number of nitrogens with zero attached hydrogens (tertiary/aromatic N) is 6. The third kappa shape index (κ3) is 6.24. The van der Waals surface area contributed by atoms with E-state index in [1.807, 2.05) is 37.4 Å². The number of alkyl halides is 3. The Morgan fingerprint density at radius 2 is 1.81 bits per heavy atom. The average Bonchev–Trinajstić information content (AvgIpc) is 3.52. The molecule has 4 aromatic rings. The lowest BCUT2D eigenvalue weighted by molar-refractivity contribution is -0.207. The molecule has 10 nitrogen and oxygen atoms in total. The Bertz CT molecular complexity index is 1600. The minimum atomic E-state index is -5.24. The van der Waals surface area contributed by atoms with E-state index in [1.165, 1.54) is 24.3 Å². The van der Waals surface area contributed by atoms with E-state index < -0.39 is 18.0 Å². The molecule has 0 radical (unpaired) electrons. The summed E-state index contributed by atoms with van der Waals surface area (Å²) >= 11 is 6.18. The van der Waals surface area contributed by atoms with E-state index >= 15 is 0 Å². The number of carbonyl (C=O) groups is 1. The van der Waals surface area contributed by atoms with Crippen LogP contribution in [0.1, 0.15) is 27.8 Å². The molecule has 0 bridgehead atoms. The predicted octanol–water partition coefficient (Wildman–Crippen LogP) is 5.20. The molecule has 15 heteroatoms. The molecule has 2 aromatic carbocycles. The summed E-state index contributed by atoms with van der Waals surface area (Å²) in [5, 5.41) is 9.44. The average molecular weight is 606 g/mol. The van der Waals surface area contributed by atoms with E-state index in [0.29, 0.717) is 17.3 Å². The second-order valence-electron chi connectivity index (χ2n) is 9.42. The first kappa shape index (κ1) is 29.1. The maximum atomic E-state index is 14.8. The van der Waals surface area contributed by atoms with E-state index in [-0.39, 0.29) is 47.6 Å². The van der Waals surface area contributed by atoms with Gasteiger partial charge in [-0.25, -0.2) is 19.2 Å². The lowest BCUT2D eigenvalue weighted by Crippen LogP contribution is -2.42. The van der Waals surface area contributed by atoms with Crippen molar-refractivity contribution >= 4 is 29.2 Å². The van der Waals surface area contributed by atoms with Gasteiger partial charge in [-0.15, -0.1) is 5.17 Å². The predicted molar refractivity (Wildman–Crippen MR) is 144 cm³/mol. The number of hydrogen-bond donors (Lipinski definition) is 1. The number of ether oxygens (including phenoxy) is 1. The molecule has 2 aromatic heterocycles. The molecular formula is C27H24ClF4N7O3. The number of methoxy groups -OCH3 is 1. The Labute approximate surface area is 242 Å². The second-order valence-corrected chi connectivity index (χ2v) is 9.83. The Morgan fingerprint density at radius 3 is 2.45 bits per heavy atom. The first-order chi connectivity index (χ1) is 20.0. The molecule has 0 amide bonds. The first-order valence-corrected chi connectivity index (χ1v) is 12.9. The Kier molecular flexibility index (Phi) is 8.18. The van der Waals surface area contributed by atoms with Gasteiger partial charge in [0.1, 0.15) is 12.1 Å². The Balaban J connectivity index is 1.38. The molecule has 0 spiro atoms. The van der Waals surface area contributed by atoms with Crippen LogP contribution in [0.3, 0.4) is 0 Å². The van der Waals surface area contributed by atoms with Gasteiger partial charge in [-0.1, -0.05) is 35.9 Å². The summed E-state index contributed by atoms with van der Waals surface area (Å²) in [7, 11) is 1.32. The van der Waals surface area contributed by atoms with Crippen LogP contribution in [0.25, 0.3) is 0 Å². The van der Waals surface area contributed by atoms with Crippen LogP contribution >= 0.6 is 11.6 Å². The summed E-state index contributed by atoms with van der Waals surface area (Å²) in [6.07, 6.45) is -0.486. The zero-order valence-corrected chi connectivity index (χ0v) is 23.1. The quantitative estimate of drug-likeness (QED) is 0.258. The van der Waals surface area contributed by atoms with Crippen LogP contribution < -0.4 is 15.2 Å². The third-order valence-corrected chi connectivity index (χ3v) is 6.75. The summed E-state index contributed by atoms with van der Waals surface area (Å²) < 4.78 is 61.1. The van der Waals surface area contributed by atoms with Crippen molar-refractivity contribution in [2.24, 2.45) is 0 Å². The number of anilines is 2. The molecule has 0 unspecified atom stereocenters. The molecular weight excluding hydrogens is 582 g/mol. The van der Waals surface area contributed by atoms with Crippen molar-refractivity contribution in [2.75, 3.05) is 17.6 Å². The molecule has 0 saturated heterocycles. The van der Waals surface area contributed by atoms with Crippen LogP contribution in [0.5, 0.6) is 5.75 Å². The van der Waals surface area contributed by atoms with E-state index in [2.05, 4.69) is 20.4 Å². The van der Waals surface area contributed by atoms with Gasteiger partial charge >= 0.3 is 12.1 Å². The van der Waals surface area contributed by atoms with Crippen molar-refractivity contribution in [2.45, 2.75) is 39.3 Å². The van der Waals surface area contributed by atoms with E-state index in [1.54, 1.807) is 10.9 Å². The number of nitrogens with one attached hydrogen (secondary N) is 1. The van der Waals surface area contributed by atoms with Gasteiger partial charge in [0.15, 0.2) is 17.4 Å². The number of rotatable bonds is 9. The Morgan fingerprint density at radius 1 is 1.10 bits per heavy atom. The van der Waals surface area contributed by atoms with Gasteiger partial charge in [-0.2, -0.15) is 23.3 Å². The van der Waals surface area contributed by atoms with E-state index in [4.69, 9.17) is 21.2 Å². The SMILES string of the molecule is COc1ccc(Cl)c(CNc2ncnc3c2CN(Cc2ccc(Cn4cc(C)cn4)cc2)N3OC(=O)C(F)(F)F)c1F. The standard InChI is InChI=1S/C27H24ClF4N7O3/c1-16-9-36-37(11-16)12-17-3-5-18(6-4-17)13-38-14-20-24(33-10-19-21(28)7-8-22(41-2)23(19)29)34-15-35-25(20)39(38)42-26(40)27(30,31)32/h3-9,11,15H,10,12-14H2,1-2H3,(H,33,34,35). The molecule has 42 heavy (non-hydrogen) atoms. The van der Waals surface area contributed by atoms with E-state index in [0.717, 1.165) is 23.0 Å². The zero-order valence-electron chi connectivity index (χ0n) is 22.3. The van der Waals surface area contributed by atoms with Gasteiger partial charge < -0.3 is 14.9 Å². The first-order valence-electron chi connectivity index (χ1n) is 12.5. The van der Waals surface area contributed by atoms with Gasteiger partial charge in [-0.05, 0) is 35.7 Å². The molecule has 220 valence electrons. The van der Waals surface area contributed by atoms with Gasteiger partial charge in [0, 0.05) is 29.9 Å². The monoisotopic (exact) mass is 605 g/mol. The molecule has 1 aliphatic heterocycles. The normalized spacial score (nSPS) is 13.3. The summed E-state index contributed by atoms with van der Waals surface area (Å²) in [4.78, 5) is 24.8. The van der Waals surface area contributed by atoms with Gasteiger partial charge in [0.2, 0.25) is 0 Å². The van der Waals surface area contributed by atoms with Crippen molar-refractivity contribution in [1.29, 1.82) is 0 Å². The lowest BCUT2D eigenvalue weighted by Gasteiger charge is -2.27. The number of fused-ring (bicyclic) bond motifs is 1. The lowest BCUT2D eigenvalue weighted by atomic mass is 10.1. The highest BCUT2D eigenvalue weighted by molar-refractivity contribution is 6.31. The topological polar surface area (TPSA) is 97.6 Å². The smallest absolute Gasteiger partial charge is 0.493 e. The van der Waals surface area contributed by atoms with Gasteiger partial charge in [0.05, 0.1) is 32.0 Å². The number of aryl methyl sites for hydroxylation is 1. The van der Waals surface area contributed by atoms with E-state index in [9.17, 15) is 22.4 Å².